The van der Waals surface area contributed by atoms with Crippen LogP contribution in [0.3, 0.4) is 0 Å². The van der Waals surface area contributed by atoms with E-state index in [-0.39, 0.29) is 0 Å². The third-order valence-corrected chi connectivity index (χ3v) is 2.15. The Bertz CT molecular complexity index is 226. The van der Waals surface area contributed by atoms with Crippen molar-refractivity contribution in [2.75, 3.05) is 27.2 Å². The Morgan fingerprint density at radius 1 is 1.75 bits per heavy atom. The SMILES string of the molecule is C=CN(C)CC1=[N+](C)CCC=C1. The summed E-state index contributed by atoms with van der Waals surface area (Å²) in [6, 6.07) is 0. The Labute approximate surface area is 74.5 Å². The van der Waals surface area contributed by atoms with Crippen LogP contribution in [0, 0.1) is 0 Å². The molecule has 0 aromatic carbocycles. The Kier molecular flexibility index (Phi) is 3.09. The van der Waals surface area contributed by atoms with Gasteiger partial charge in [0.1, 0.15) is 20.1 Å². The van der Waals surface area contributed by atoms with E-state index in [1.165, 1.54) is 5.71 Å². The highest BCUT2D eigenvalue weighted by Gasteiger charge is 2.11. The Hall–Kier alpha value is -1.05. The van der Waals surface area contributed by atoms with Gasteiger partial charge < -0.3 is 4.90 Å². The summed E-state index contributed by atoms with van der Waals surface area (Å²) in [5, 5.41) is 0. The van der Waals surface area contributed by atoms with Gasteiger partial charge in [0, 0.05) is 19.5 Å². The van der Waals surface area contributed by atoms with Crippen molar-refractivity contribution in [3.05, 3.63) is 24.9 Å². The molecule has 0 aliphatic carbocycles. The summed E-state index contributed by atoms with van der Waals surface area (Å²) in [5.74, 6) is 0. The maximum Gasteiger partial charge on any atom is 0.194 e. The third-order valence-electron chi connectivity index (χ3n) is 2.15. The van der Waals surface area contributed by atoms with Crippen molar-refractivity contribution >= 4 is 5.71 Å². The molecule has 0 amide bonds. The number of hydrogen-bond donors (Lipinski definition) is 0. The zero-order valence-electron chi connectivity index (χ0n) is 7.95. The van der Waals surface area contributed by atoms with Gasteiger partial charge >= 0.3 is 0 Å². The minimum Gasteiger partial charge on any atom is -0.371 e. The molecule has 2 heteroatoms. The normalized spacial score (nSPS) is 16.5. The van der Waals surface area contributed by atoms with Gasteiger partial charge in [-0.25, -0.2) is 4.58 Å². The first-order valence-corrected chi connectivity index (χ1v) is 4.30. The summed E-state index contributed by atoms with van der Waals surface area (Å²) >= 11 is 0. The zero-order valence-corrected chi connectivity index (χ0v) is 7.95. The van der Waals surface area contributed by atoms with Crippen molar-refractivity contribution in [3.8, 4) is 0 Å². The second-order valence-electron chi connectivity index (χ2n) is 3.20. The van der Waals surface area contributed by atoms with Crippen LogP contribution in [0.1, 0.15) is 6.42 Å². The average molecular weight is 165 g/mol. The minimum atomic E-state index is 0.955. The van der Waals surface area contributed by atoms with Crippen molar-refractivity contribution in [2.24, 2.45) is 0 Å². The standard InChI is InChI=1S/C10H17N2/c1-4-11(2)9-10-7-5-6-8-12(10)3/h4-5,7H,1,6,8-9H2,2-3H3/q+1. The molecule has 0 saturated carbocycles. The van der Waals surface area contributed by atoms with Crippen molar-refractivity contribution in [3.63, 3.8) is 0 Å². The van der Waals surface area contributed by atoms with E-state index in [0.29, 0.717) is 0 Å². The zero-order chi connectivity index (χ0) is 8.97. The van der Waals surface area contributed by atoms with Gasteiger partial charge in [0.05, 0.1) is 0 Å². The number of nitrogens with zero attached hydrogens (tertiary/aromatic N) is 2. The first-order valence-electron chi connectivity index (χ1n) is 4.30. The van der Waals surface area contributed by atoms with Crippen molar-refractivity contribution < 1.29 is 4.58 Å². The molecular weight excluding hydrogens is 148 g/mol. The Morgan fingerprint density at radius 2 is 2.50 bits per heavy atom. The van der Waals surface area contributed by atoms with E-state index in [2.05, 4.69) is 35.3 Å². The van der Waals surface area contributed by atoms with E-state index in [1.807, 2.05) is 13.2 Å². The molecule has 0 fully saturated rings. The molecule has 1 aliphatic heterocycles. The molecule has 2 nitrogen and oxygen atoms in total. The number of hydrogen-bond acceptors (Lipinski definition) is 1. The van der Waals surface area contributed by atoms with Crippen LogP contribution in [-0.4, -0.2) is 42.4 Å². The maximum absolute atomic E-state index is 3.72. The van der Waals surface area contributed by atoms with Gasteiger partial charge in [-0.15, -0.1) is 0 Å². The first-order chi connectivity index (χ1) is 5.74. The van der Waals surface area contributed by atoms with Crippen molar-refractivity contribution in [1.82, 2.24) is 4.90 Å². The van der Waals surface area contributed by atoms with Crippen LogP contribution >= 0.6 is 0 Å². The highest BCUT2D eigenvalue weighted by molar-refractivity contribution is 5.92. The summed E-state index contributed by atoms with van der Waals surface area (Å²) < 4.78 is 2.29. The molecule has 0 spiro atoms. The van der Waals surface area contributed by atoms with Crippen molar-refractivity contribution in [2.45, 2.75) is 6.42 Å². The Morgan fingerprint density at radius 3 is 3.08 bits per heavy atom. The lowest BCUT2D eigenvalue weighted by Crippen LogP contribution is -2.29. The smallest absolute Gasteiger partial charge is 0.194 e. The first kappa shape index (κ1) is 9.04. The largest absolute Gasteiger partial charge is 0.371 e. The van der Waals surface area contributed by atoms with Gasteiger partial charge in [-0.05, 0) is 6.20 Å². The van der Waals surface area contributed by atoms with Crippen LogP contribution in [0.25, 0.3) is 0 Å². The monoisotopic (exact) mass is 165 g/mol. The molecule has 0 unspecified atom stereocenters. The average Bonchev–Trinajstić information content (AvgIpc) is 2.09. The van der Waals surface area contributed by atoms with Crippen LogP contribution in [0.15, 0.2) is 24.9 Å². The van der Waals surface area contributed by atoms with Gasteiger partial charge in [-0.2, -0.15) is 0 Å². The quantitative estimate of drug-likeness (QED) is 0.568. The predicted molar refractivity (Wildman–Crippen MR) is 52.6 cm³/mol. The van der Waals surface area contributed by atoms with E-state index >= 15 is 0 Å². The minimum absolute atomic E-state index is 0.955. The molecule has 1 rings (SSSR count). The maximum atomic E-state index is 3.72. The highest BCUT2D eigenvalue weighted by atomic mass is 15.1. The summed E-state index contributed by atoms with van der Waals surface area (Å²) in [7, 11) is 4.17. The van der Waals surface area contributed by atoms with E-state index in [4.69, 9.17) is 0 Å². The molecule has 0 N–H and O–H groups in total. The molecule has 1 heterocycles. The summed E-state index contributed by atoms with van der Waals surface area (Å²) in [5.41, 5.74) is 1.36. The van der Waals surface area contributed by atoms with E-state index in [1.54, 1.807) is 0 Å². The van der Waals surface area contributed by atoms with Crippen LogP contribution in [0.5, 0.6) is 0 Å². The molecule has 0 atom stereocenters. The van der Waals surface area contributed by atoms with Crippen LogP contribution in [0.4, 0.5) is 0 Å². The molecule has 0 saturated heterocycles. The molecular formula is C10H17N2+. The molecule has 0 aromatic rings. The summed E-state index contributed by atoms with van der Waals surface area (Å²) in [6.45, 7) is 5.81. The second-order valence-corrected chi connectivity index (χ2v) is 3.20. The van der Waals surface area contributed by atoms with E-state index in [0.717, 1.165) is 19.5 Å². The van der Waals surface area contributed by atoms with Crippen LogP contribution < -0.4 is 0 Å². The molecule has 0 aromatic heterocycles. The molecule has 0 bridgehead atoms. The van der Waals surface area contributed by atoms with Crippen LogP contribution in [-0.2, 0) is 0 Å². The lowest BCUT2D eigenvalue weighted by Gasteiger charge is -2.13. The van der Waals surface area contributed by atoms with Gasteiger partial charge in [0.15, 0.2) is 5.71 Å². The lowest BCUT2D eigenvalue weighted by molar-refractivity contribution is -0.497. The predicted octanol–water partition coefficient (Wildman–Crippen LogP) is 1.10. The van der Waals surface area contributed by atoms with Gasteiger partial charge in [-0.1, -0.05) is 12.7 Å². The summed E-state index contributed by atoms with van der Waals surface area (Å²) in [4.78, 5) is 2.08. The van der Waals surface area contributed by atoms with E-state index < -0.39 is 0 Å². The summed E-state index contributed by atoms with van der Waals surface area (Å²) in [6.07, 6.45) is 7.44. The van der Waals surface area contributed by atoms with Gasteiger partial charge in [0.25, 0.3) is 0 Å². The van der Waals surface area contributed by atoms with Crippen molar-refractivity contribution in [1.29, 1.82) is 0 Å². The number of rotatable bonds is 3. The molecule has 12 heavy (non-hydrogen) atoms. The molecule has 0 radical (unpaired) electrons. The van der Waals surface area contributed by atoms with Crippen LogP contribution in [0.2, 0.25) is 0 Å². The third kappa shape index (κ3) is 2.22. The fraction of sp³-hybridized carbons (Fsp3) is 0.500. The fourth-order valence-electron chi connectivity index (χ4n) is 1.25. The van der Waals surface area contributed by atoms with Gasteiger partial charge in [-0.3, -0.25) is 0 Å². The Balaban J connectivity index is 2.61. The molecule has 66 valence electrons. The van der Waals surface area contributed by atoms with Gasteiger partial charge in [0.2, 0.25) is 0 Å². The van der Waals surface area contributed by atoms with E-state index in [9.17, 15) is 0 Å². The fourth-order valence-corrected chi connectivity index (χ4v) is 1.25. The topological polar surface area (TPSA) is 6.25 Å². The molecule has 1 aliphatic rings. The second kappa shape index (κ2) is 4.10. The lowest BCUT2D eigenvalue weighted by atomic mass is 10.2. The highest BCUT2D eigenvalue weighted by Crippen LogP contribution is 1.97.